The molecule has 0 saturated heterocycles. The second kappa shape index (κ2) is 4.93. The molecule has 1 heterocycles. The van der Waals surface area contributed by atoms with Crippen LogP contribution in [0, 0.1) is 5.92 Å². The second-order valence-corrected chi connectivity index (χ2v) is 4.15. The zero-order valence-electron chi connectivity index (χ0n) is 9.18. The van der Waals surface area contributed by atoms with Crippen LogP contribution in [0.5, 0.6) is 0 Å². The first-order chi connectivity index (χ1) is 7.00. The largest absolute Gasteiger partial charge is 0.368 e. The third-order valence-corrected chi connectivity index (χ3v) is 2.18. The summed E-state index contributed by atoms with van der Waals surface area (Å²) < 4.78 is 1.70. The van der Waals surface area contributed by atoms with Crippen LogP contribution >= 0.6 is 0 Å². The number of hydrogen-bond acceptors (Lipinski definition) is 3. The van der Waals surface area contributed by atoms with Gasteiger partial charge in [0.25, 0.3) is 0 Å². The van der Waals surface area contributed by atoms with E-state index < -0.39 is 0 Å². The quantitative estimate of drug-likeness (QED) is 0.738. The third-order valence-electron chi connectivity index (χ3n) is 2.18. The van der Waals surface area contributed by atoms with Crippen molar-refractivity contribution >= 4 is 5.91 Å². The van der Waals surface area contributed by atoms with E-state index in [2.05, 4.69) is 18.8 Å². The molecule has 15 heavy (non-hydrogen) atoms. The van der Waals surface area contributed by atoms with Gasteiger partial charge in [0.15, 0.2) is 0 Å². The van der Waals surface area contributed by atoms with Crippen LogP contribution in [0.1, 0.15) is 32.0 Å². The Morgan fingerprint density at radius 1 is 1.60 bits per heavy atom. The lowest BCUT2D eigenvalue weighted by Gasteiger charge is -2.15. The minimum atomic E-state index is -0.383. The number of nitrogens with zero attached hydrogens (tertiary/aromatic N) is 2. The van der Waals surface area contributed by atoms with Gasteiger partial charge in [-0.1, -0.05) is 13.8 Å². The predicted octanol–water partition coefficient (Wildman–Crippen LogP) is 0.414. The van der Waals surface area contributed by atoms with Gasteiger partial charge in [-0.25, -0.2) is 4.98 Å². The van der Waals surface area contributed by atoms with Gasteiger partial charge in [-0.15, -0.1) is 0 Å². The van der Waals surface area contributed by atoms with Crippen molar-refractivity contribution in [3.63, 3.8) is 0 Å². The number of aromatic nitrogens is 2. The highest BCUT2D eigenvalue weighted by molar-refractivity contribution is 5.73. The molecule has 4 N–H and O–H groups in total. The monoisotopic (exact) mass is 210 g/mol. The normalized spacial score (nSPS) is 13.1. The summed E-state index contributed by atoms with van der Waals surface area (Å²) in [6.45, 7) is 4.35. The van der Waals surface area contributed by atoms with Crippen molar-refractivity contribution in [1.29, 1.82) is 0 Å². The molecule has 0 bridgehead atoms. The maximum absolute atomic E-state index is 10.8. The maximum atomic E-state index is 10.8. The minimum absolute atomic E-state index is 0.0909. The summed E-state index contributed by atoms with van der Waals surface area (Å²) in [5, 5.41) is 0. The molecule has 84 valence electrons. The summed E-state index contributed by atoms with van der Waals surface area (Å²) in [7, 11) is 0. The van der Waals surface area contributed by atoms with E-state index in [1.165, 1.54) is 0 Å². The van der Waals surface area contributed by atoms with Crippen LogP contribution in [0.25, 0.3) is 0 Å². The smallest absolute Gasteiger partial charge is 0.237 e. The van der Waals surface area contributed by atoms with Crippen molar-refractivity contribution in [3.8, 4) is 0 Å². The van der Waals surface area contributed by atoms with E-state index in [9.17, 15) is 4.79 Å². The van der Waals surface area contributed by atoms with E-state index in [4.69, 9.17) is 11.5 Å². The zero-order valence-corrected chi connectivity index (χ0v) is 9.18. The lowest BCUT2D eigenvalue weighted by molar-refractivity contribution is -0.118. The Hall–Kier alpha value is -1.36. The average molecular weight is 210 g/mol. The highest BCUT2D eigenvalue weighted by Crippen LogP contribution is 2.18. The molecule has 0 radical (unpaired) electrons. The summed E-state index contributed by atoms with van der Waals surface area (Å²) in [5.41, 5.74) is 12.0. The molecule has 0 spiro atoms. The van der Waals surface area contributed by atoms with E-state index >= 15 is 0 Å². The molecule has 5 heteroatoms. The molecule has 5 nitrogen and oxygen atoms in total. The summed E-state index contributed by atoms with van der Waals surface area (Å²) in [4.78, 5) is 14.8. The molecule has 1 amide bonds. The summed E-state index contributed by atoms with van der Waals surface area (Å²) in [6.07, 6.45) is 4.14. The fourth-order valence-electron chi connectivity index (χ4n) is 1.57. The van der Waals surface area contributed by atoms with Gasteiger partial charge in [0.05, 0.1) is 12.0 Å². The third kappa shape index (κ3) is 3.36. The molecule has 1 atom stereocenters. The maximum Gasteiger partial charge on any atom is 0.237 e. The fraction of sp³-hybridized carbons (Fsp3) is 0.600. The number of amides is 1. The molecule has 1 aromatic rings. The molecule has 0 aliphatic rings. The van der Waals surface area contributed by atoms with Crippen molar-refractivity contribution in [2.24, 2.45) is 17.4 Å². The van der Waals surface area contributed by atoms with Gasteiger partial charge in [-0.3, -0.25) is 4.79 Å². The van der Waals surface area contributed by atoms with Gasteiger partial charge >= 0.3 is 0 Å². The van der Waals surface area contributed by atoms with Crippen LogP contribution in [-0.4, -0.2) is 15.5 Å². The summed E-state index contributed by atoms with van der Waals surface area (Å²) >= 11 is 0. The fourth-order valence-corrected chi connectivity index (χ4v) is 1.57. The van der Waals surface area contributed by atoms with Crippen molar-refractivity contribution in [3.05, 3.63) is 18.2 Å². The van der Waals surface area contributed by atoms with Gasteiger partial charge < -0.3 is 16.0 Å². The number of rotatable bonds is 5. The Morgan fingerprint density at radius 3 is 2.80 bits per heavy atom. The van der Waals surface area contributed by atoms with Gasteiger partial charge in [-0.05, 0) is 12.3 Å². The van der Waals surface area contributed by atoms with Gasteiger partial charge in [0, 0.05) is 12.2 Å². The highest BCUT2D eigenvalue weighted by atomic mass is 16.1. The Balaban J connectivity index is 2.75. The van der Waals surface area contributed by atoms with E-state index in [1.54, 1.807) is 17.1 Å². The number of nitrogens with two attached hydrogens (primary N) is 2. The van der Waals surface area contributed by atoms with E-state index in [0.29, 0.717) is 5.92 Å². The van der Waals surface area contributed by atoms with Gasteiger partial charge in [0.1, 0.15) is 6.54 Å². The molecular weight excluding hydrogens is 192 g/mol. The molecule has 0 aliphatic carbocycles. The van der Waals surface area contributed by atoms with Crippen LogP contribution in [-0.2, 0) is 11.3 Å². The van der Waals surface area contributed by atoms with Crippen molar-refractivity contribution in [2.45, 2.75) is 32.9 Å². The summed E-state index contributed by atoms with van der Waals surface area (Å²) in [6, 6.07) is -0.0909. The SMILES string of the molecule is CC(C)CC(N)c1cncn1CC(N)=O. The standard InChI is InChI=1S/C10H18N4O/c1-7(2)3-8(11)9-4-13-6-14(9)5-10(12)15/h4,6-8H,3,5,11H2,1-2H3,(H2,12,15). The number of carbonyl (C=O) groups excluding carboxylic acids is 1. The Morgan fingerprint density at radius 2 is 2.27 bits per heavy atom. The van der Waals surface area contributed by atoms with E-state index in [0.717, 1.165) is 12.1 Å². The second-order valence-electron chi connectivity index (χ2n) is 4.15. The molecule has 0 aromatic carbocycles. The first kappa shape index (κ1) is 11.7. The number of imidazole rings is 1. The molecule has 0 saturated carbocycles. The topological polar surface area (TPSA) is 86.9 Å². The number of hydrogen-bond donors (Lipinski definition) is 2. The first-order valence-electron chi connectivity index (χ1n) is 5.04. The lowest BCUT2D eigenvalue weighted by atomic mass is 10.0. The van der Waals surface area contributed by atoms with Crippen LogP contribution < -0.4 is 11.5 Å². The Kier molecular flexibility index (Phi) is 3.85. The van der Waals surface area contributed by atoms with Crippen LogP contribution in [0.4, 0.5) is 0 Å². The molecule has 1 aromatic heterocycles. The predicted molar refractivity (Wildman–Crippen MR) is 57.8 cm³/mol. The average Bonchev–Trinajstić information content (AvgIpc) is 2.49. The van der Waals surface area contributed by atoms with Gasteiger partial charge in [0.2, 0.25) is 5.91 Å². The van der Waals surface area contributed by atoms with E-state index in [-0.39, 0.29) is 18.5 Å². The molecular formula is C10H18N4O. The number of carbonyl (C=O) groups is 1. The van der Waals surface area contributed by atoms with Crippen molar-refractivity contribution in [2.75, 3.05) is 0 Å². The van der Waals surface area contributed by atoms with Crippen LogP contribution in [0.15, 0.2) is 12.5 Å². The Bertz CT molecular complexity index is 332. The van der Waals surface area contributed by atoms with Crippen LogP contribution in [0.2, 0.25) is 0 Å². The zero-order chi connectivity index (χ0) is 11.4. The molecule has 0 aliphatic heterocycles. The molecule has 0 fully saturated rings. The lowest BCUT2D eigenvalue weighted by Crippen LogP contribution is -2.23. The van der Waals surface area contributed by atoms with Gasteiger partial charge in [-0.2, -0.15) is 0 Å². The molecule has 1 unspecified atom stereocenters. The number of primary amides is 1. The molecule has 1 rings (SSSR count). The van der Waals surface area contributed by atoms with Crippen molar-refractivity contribution < 1.29 is 4.79 Å². The van der Waals surface area contributed by atoms with Crippen LogP contribution in [0.3, 0.4) is 0 Å². The van der Waals surface area contributed by atoms with E-state index in [1.807, 2.05) is 0 Å². The van der Waals surface area contributed by atoms with Crippen molar-refractivity contribution in [1.82, 2.24) is 9.55 Å². The highest BCUT2D eigenvalue weighted by Gasteiger charge is 2.13. The minimum Gasteiger partial charge on any atom is -0.368 e. The first-order valence-corrected chi connectivity index (χ1v) is 5.04. The Labute approximate surface area is 89.5 Å². The summed E-state index contributed by atoms with van der Waals surface area (Å²) in [5.74, 6) is 0.128.